The molecule has 2 N–H and O–H groups in total. The molecule has 0 saturated heterocycles. The molecule has 0 saturated carbocycles. The second-order valence-corrected chi connectivity index (χ2v) is 3.46. The minimum absolute atomic E-state index is 0.222. The minimum Gasteiger partial charge on any atom is -0.328 e. The highest BCUT2D eigenvalue weighted by Crippen LogP contribution is 2.18. The number of nitrogens with one attached hydrogen (secondary N) is 2. The summed E-state index contributed by atoms with van der Waals surface area (Å²) in [6.45, 7) is 0. The van der Waals surface area contributed by atoms with E-state index in [1.165, 1.54) is 24.4 Å². The van der Waals surface area contributed by atoms with E-state index < -0.39 is 28.8 Å². The number of halogens is 2. The zero-order chi connectivity index (χ0) is 13.1. The predicted octanol–water partition coefficient (Wildman–Crippen LogP) is 1.91. The third-order valence-electron chi connectivity index (χ3n) is 2.26. The molecule has 92 valence electrons. The van der Waals surface area contributed by atoms with Gasteiger partial charge in [-0.3, -0.25) is 9.59 Å². The summed E-state index contributed by atoms with van der Waals surface area (Å²) in [7, 11) is 0. The van der Waals surface area contributed by atoms with Crippen LogP contribution in [0.3, 0.4) is 0 Å². The number of amides is 1. The van der Waals surface area contributed by atoms with E-state index in [0.717, 1.165) is 12.1 Å². The van der Waals surface area contributed by atoms with E-state index in [-0.39, 0.29) is 5.56 Å². The minimum atomic E-state index is -0.907. The molecule has 0 radical (unpaired) electrons. The molecule has 0 aliphatic rings. The fourth-order valence-corrected chi connectivity index (χ4v) is 1.40. The molecular weight excluding hydrogens is 242 g/mol. The number of anilines is 1. The molecule has 1 aromatic carbocycles. The van der Waals surface area contributed by atoms with Crippen molar-refractivity contribution in [2.45, 2.75) is 0 Å². The molecule has 18 heavy (non-hydrogen) atoms. The maximum Gasteiger partial charge on any atom is 0.261 e. The number of carbonyl (C=O) groups excluding carboxylic acids is 1. The first kappa shape index (κ1) is 12.0. The summed E-state index contributed by atoms with van der Waals surface area (Å²) in [4.78, 5) is 25.3. The summed E-state index contributed by atoms with van der Waals surface area (Å²) >= 11 is 0. The number of hydrogen-bond donors (Lipinski definition) is 2. The van der Waals surface area contributed by atoms with Gasteiger partial charge in [0, 0.05) is 6.20 Å². The van der Waals surface area contributed by atoms with E-state index >= 15 is 0 Å². The largest absolute Gasteiger partial charge is 0.328 e. The molecule has 4 nitrogen and oxygen atoms in total. The standard InChI is InChI=1S/C12H8F2N2O2/c13-8-4-1-5-9(14)10(8)16-12(18)7-3-2-6-15-11(7)17/h1-6H,(H,15,17)(H,16,18). The van der Waals surface area contributed by atoms with Crippen LogP contribution >= 0.6 is 0 Å². The van der Waals surface area contributed by atoms with E-state index in [4.69, 9.17) is 0 Å². The van der Waals surface area contributed by atoms with Crippen molar-refractivity contribution in [3.63, 3.8) is 0 Å². The second-order valence-electron chi connectivity index (χ2n) is 3.46. The monoisotopic (exact) mass is 250 g/mol. The van der Waals surface area contributed by atoms with Gasteiger partial charge in [-0.1, -0.05) is 6.07 Å². The van der Waals surface area contributed by atoms with Crippen molar-refractivity contribution < 1.29 is 13.6 Å². The van der Waals surface area contributed by atoms with Crippen molar-refractivity contribution in [2.24, 2.45) is 0 Å². The number of benzene rings is 1. The normalized spacial score (nSPS) is 10.1. The molecule has 0 atom stereocenters. The van der Waals surface area contributed by atoms with Crippen molar-refractivity contribution in [1.29, 1.82) is 0 Å². The smallest absolute Gasteiger partial charge is 0.261 e. The first-order valence-corrected chi connectivity index (χ1v) is 5.02. The lowest BCUT2D eigenvalue weighted by molar-refractivity contribution is 0.102. The van der Waals surface area contributed by atoms with Gasteiger partial charge in [-0.25, -0.2) is 8.78 Å². The van der Waals surface area contributed by atoms with E-state index in [2.05, 4.69) is 4.98 Å². The van der Waals surface area contributed by atoms with Crippen molar-refractivity contribution in [2.75, 3.05) is 5.32 Å². The maximum absolute atomic E-state index is 13.3. The molecule has 1 amide bonds. The van der Waals surface area contributed by atoms with Crippen molar-refractivity contribution in [1.82, 2.24) is 4.98 Å². The summed E-state index contributed by atoms with van der Waals surface area (Å²) in [5, 5.41) is 2.03. The number of hydrogen-bond acceptors (Lipinski definition) is 2. The zero-order valence-electron chi connectivity index (χ0n) is 9.04. The van der Waals surface area contributed by atoms with Crippen LogP contribution in [0.5, 0.6) is 0 Å². The fraction of sp³-hybridized carbons (Fsp3) is 0. The molecule has 0 bridgehead atoms. The van der Waals surface area contributed by atoms with Gasteiger partial charge in [0.1, 0.15) is 22.9 Å². The number of H-pyrrole nitrogens is 1. The summed E-state index contributed by atoms with van der Waals surface area (Å²) in [5.74, 6) is -2.69. The topological polar surface area (TPSA) is 62.0 Å². The average molecular weight is 250 g/mol. The van der Waals surface area contributed by atoms with Crippen LogP contribution in [0.15, 0.2) is 41.3 Å². The summed E-state index contributed by atoms with van der Waals surface area (Å²) < 4.78 is 26.6. The fourth-order valence-electron chi connectivity index (χ4n) is 1.40. The summed E-state index contributed by atoms with van der Waals surface area (Å²) in [6, 6.07) is 5.89. The Kier molecular flexibility index (Phi) is 3.18. The first-order chi connectivity index (χ1) is 8.59. The van der Waals surface area contributed by atoms with Crippen LogP contribution in [0.2, 0.25) is 0 Å². The Morgan fingerprint density at radius 1 is 1.11 bits per heavy atom. The molecule has 0 spiro atoms. The molecule has 6 heteroatoms. The Balaban J connectivity index is 2.33. The lowest BCUT2D eigenvalue weighted by Crippen LogP contribution is -2.23. The number of aromatic amines is 1. The molecule has 1 heterocycles. The van der Waals surface area contributed by atoms with Gasteiger partial charge in [-0.05, 0) is 24.3 Å². The van der Waals surface area contributed by atoms with E-state index in [9.17, 15) is 18.4 Å². The summed E-state index contributed by atoms with van der Waals surface area (Å²) in [5.41, 5.74) is -1.43. The first-order valence-electron chi connectivity index (χ1n) is 5.02. The lowest BCUT2D eigenvalue weighted by atomic mass is 10.2. The van der Waals surface area contributed by atoms with Gasteiger partial charge >= 0.3 is 0 Å². The summed E-state index contributed by atoms with van der Waals surface area (Å²) in [6.07, 6.45) is 1.35. The van der Waals surface area contributed by atoms with Crippen LogP contribution < -0.4 is 10.9 Å². The zero-order valence-corrected chi connectivity index (χ0v) is 9.04. The molecule has 0 unspecified atom stereocenters. The highest BCUT2D eigenvalue weighted by Gasteiger charge is 2.15. The van der Waals surface area contributed by atoms with Gasteiger partial charge in [0.15, 0.2) is 0 Å². The van der Waals surface area contributed by atoms with Crippen LogP contribution in [0.1, 0.15) is 10.4 Å². The molecule has 0 aliphatic heterocycles. The van der Waals surface area contributed by atoms with Gasteiger partial charge in [0.25, 0.3) is 11.5 Å². The molecule has 0 aliphatic carbocycles. The third-order valence-corrected chi connectivity index (χ3v) is 2.26. The number of para-hydroxylation sites is 1. The Labute approximate surface area is 100 Å². The lowest BCUT2D eigenvalue weighted by Gasteiger charge is -2.06. The van der Waals surface area contributed by atoms with Crippen LogP contribution in [0, 0.1) is 11.6 Å². The van der Waals surface area contributed by atoms with Crippen molar-refractivity contribution >= 4 is 11.6 Å². The predicted molar refractivity (Wildman–Crippen MR) is 61.4 cm³/mol. The van der Waals surface area contributed by atoms with E-state index in [1.54, 1.807) is 0 Å². The van der Waals surface area contributed by atoms with Gasteiger partial charge in [-0.15, -0.1) is 0 Å². The maximum atomic E-state index is 13.3. The van der Waals surface area contributed by atoms with Crippen LogP contribution in [-0.4, -0.2) is 10.9 Å². The van der Waals surface area contributed by atoms with Crippen molar-refractivity contribution in [3.8, 4) is 0 Å². The SMILES string of the molecule is O=C(Nc1c(F)cccc1F)c1ccc[nH]c1=O. The van der Waals surface area contributed by atoms with Crippen LogP contribution in [0.4, 0.5) is 14.5 Å². The number of pyridine rings is 1. The Morgan fingerprint density at radius 3 is 2.39 bits per heavy atom. The van der Waals surface area contributed by atoms with Crippen LogP contribution in [-0.2, 0) is 0 Å². The molecule has 1 aromatic heterocycles. The number of carbonyl (C=O) groups is 1. The Morgan fingerprint density at radius 2 is 1.78 bits per heavy atom. The molecule has 2 rings (SSSR count). The van der Waals surface area contributed by atoms with Crippen molar-refractivity contribution in [3.05, 3.63) is 64.1 Å². The average Bonchev–Trinajstić information content (AvgIpc) is 2.34. The molecular formula is C12H8F2N2O2. The Hall–Kier alpha value is -2.50. The highest BCUT2D eigenvalue weighted by molar-refractivity contribution is 6.04. The van der Waals surface area contributed by atoms with E-state index in [0.29, 0.717) is 0 Å². The number of rotatable bonds is 2. The van der Waals surface area contributed by atoms with Gasteiger partial charge in [0.2, 0.25) is 0 Å². The quantitative estimate of drug-likeness (QED) is 0.855. The second kappa shape index (κ2) is 4.79. The highest BCUT2D eigenvalue weighted by atomic mass is 19.1. The molecule has 2 aromatic rings. The van der Waals surface area contributed by atoms with Gasteiger partial charge in [0.05, 0.1) is 0 Å². The van der Waals surface area contributed by atoms with Gasteiger partial charge < -0.3 is 10.3 Å². The van der Waals surface area contributed by atoms with E-state index in [1.807, 2.05) is 5.32 Å². The molecule has 0 fully saturated rings. The third kappa shape index (κ3) is 2.27. The van der Waals surface area contributed by atoms with Gasteiger partial charge in [-0.2, -0.15) is 0 Å². The number of aromatic nitrogens is 1. The van der Waals surface area contributed by atoms with Crippen LogP contribution in [0.25, 0.3) is 0 Å². The Bertz CT molecular complexity index is 632.